The van der Waals surface area contributed by atoms with Crippen LogP contribution in [0, 0.1) is 6.92 Å². The number of fused-ring (bicyclic) bond motifs is 1. The van der Waals surface area contributed by atoms with Crippen LogP contribution in [-0.2, 0) is 44.7 Å². The van der Waals surface area contributed by atoms with E-state index in [4.69, 9.17) is 15.0 Å². The molecule has 0 spiro atoms. The van der Waals surface area contributed by atoms with Crippen LogP contribution in [-0.4, -0.2) is 71.9 Å². The minimum Gasteiger partial charge on any atom is -0.507 e. The van der Waals surface area contributed by atoms with Crippen LogP contribution in [0.2, 0.25) is 0 Å². The Hall–Kier alpha value is -3.44. The lowest BCUT2D eigenvalue weighted by molar-refractivity contribution is 0.284. The van der Waals surface area contributed by atoms with Gasteiger partial charge in [-0.3, -0.25) is 13.7 Å². The molecule has 0 atom stereocenters. The number of benzene rings is 3. The molecule has 0 saturated heterocycles. The molecule has 0 heterocycles. The van der Waals surface area contributed by atoms with Gasteiger partial charge in [0.2, 0.25) is 0 Å². The summed E-state index contributed by atoms with van der Waals surface area (Å²) in [5.74, 6) is -1.83. The first kappa shape index (κ1) is 32.1. The van der Waals surface area contributed by atoms with E-state index in [9.17, 15) is 47.9 Å². The lowest BCUT2D eigenvalue weighted by atomic mass is 10.1. The van der Waals surface area contributed by atoms with Crippen LogP contribution in [0.25, 0.3) is 10.8 Å². The van der Waals surface area contributed by atoms with Crippen molar-refractivity contribution in [1.82, 2.24) is 0 Å². The zero-order valence-corrected chi connectivity index (χ0v) is 24.0. The van der Waals surface area contributed by atoms with E-state index < -0.39 is 79.7 Å². The summed E-state index contributed by atoms with van der Waals surface area (Å²) in [6, 6.07) is 4.36. The highest BCUT2D eigenvalue weighted by atomic mass is 32.3. The van der Waals surface area contributed by atoms with Gasteiger partial charge >= 0.3 is 10.4 Å². The SMILES string of the molecule is COc1cc(S(=O)(=O)CCOS(=O)(=O)O)c(C)cc1N=Nc1c(S(=O)(=O)O)cc2cc(S(=O)(=O)O)cc(O)c2c1N. The number of phenolic OH excluding ortho intramolecular Hbond substituents is 1. The van der Waals surface area contributed by atoms with Crippen molar-refractivity contribution in [1.29, 1.82) is 0 Å². The number of hydrogen-bond acceptors (Lipinski definition) is 14. The zero-order valence-electron chi connectivity index (χ0n) is 20.8. The summed E-state index contributed by atoms with van der Waals surface area (Å²) in [5.41, 5.74) is 4.66. The number of anilines is 1. The van der Waals surface area contributed by atoms with E-state index in [0.717, 1.165) is 25.3 Å². The van der Waals surface area contributed by atoms with Crippen molar-refractivity contribution in [2.24, 2.45) is 10.2 Å². The van der Waals surface area contributed by atoms with Crippen LogP contribution in [0.3, 0.4) is 0 Å². The van der Waals surface area contributed by atoms with Crippen molar-refractivity contribution < 1.29 is 61.4 Å². The van der Waals surface area contributed by atoms with Gasteiger partial charge in [0.15, 0.2) is 9.84 Å². The summed E-state index contributed by atoms with van der Waals surface area (Å²) in [6.07, 6.45) is 0. The Morgan fingerprint density at radius 2 is 1.49 bits per heavy atom. The lowest BCUT2D eigenvalue weighted by Crippen LogP contribution is -2.16. The number of nitrogens with zero attached hydrogens (tertiary/aromatic N) is 2. The molecule has 0 fully saturated rings. The van der Waals surface area contributed by atoms with Gasteiger partial charge in [-0.2, -0.15) is 25.3 Å². The van der Waals surface area contributed by atoms with E-state index in [-0.39, 0.29) is 32.7 Å². The number of aryl methyl sites for hydroxylation is 1. The summed E-state index contributed by atoms with van der Waals surface area (Å²) < 4.78 is 131. The fourth-order valence-corrected chi connectivity index (χ4v) is 6.60. The Morgan fingerprint density at radius 3 is 2.02 bits per heavy atom. The number of aromatic hydroxyl groups is 1. The third kappa shape index (κ3) is 7.26. The molecule has 0 radical (unpaired) electrons. The molecule has 3 rings (SSSR count). The van der Waals surface area contributed by atoms with Crippen molar-refractivity contribution in [3.63, 3.8) is 0 Å². The second kappa shape index (κ2) is 11.1. The molecule has 21 heteroatoms. The topological polar surface area (TPSA) is 287 Å². The van der Waals surface area contributed by atoms with Gasteiger partial charge < -0.3 is 15.6 Å². The number of rotatable bonds is 10. The van der Waals surface area contributed by atoms with Crippen LogP contribution in [0.5, 0.6) is 11.5 Å². The molecule has 0 aliphatic carbocycles. The third-order valence-electron chi connectivity index (χ3n) is 5.40. The summed E-state index contributed by atoms with van der Waals surface area (Å²) >= 11 is 0. The minimum atomic E-state index is -5.09. The molecule has 0 bridgehead atoms. The van der Waals surface area contributed by atoms with Crippen LogP contribution < -0.4 is 10.5 Å². The summed E-state index contributed by atoms with van der Waals surface area (Å²) in [7, 11) is -17.8. The number of nitrogens with two attached hydrogens (primary N) is 1. The second-order valence-electron chi connectivity index (χ2n) is 8.19. The van der Waals surface area contributed by atoms with Crippen LogP contribution >= 0.6 is 0 Å². The predicted octanol–water partition coefficient (Wildman–Crippen LogP) is 1.95. The van der Waals surface area contributed by atoms with Crippen LogP contribution in [0.1, 0.15) is 5.56 Å². The van der Waals surface area contributed by atoms with E-state index in [2.05, 4.69) is 14.4 Å². The molecule has 0 aliphatic heterocycles. The van der Waals surface area contributed by atoms with Gasteiger partial charge in [-0.15, -0.1) is 10.2 Å². The van der Waals surface area contributed by atoms with Crippen molar-refractivity contribution in [2.45, 2.75) is 21.6 Å². The van der Waals surface area contributed by atoms with Crippen molar-refractivity contribution in [3.8, 4) is 11.5 Å². The van der Waals surface area contributed by atoms with Gasteiger partial charge in [0.05, 0.1) is 34.9 Å². The monoisotopic (exact) mass is 655 g/mol. The maximum absolute atomic E-state index is 12.7. The summed E-state index contributed by atoms with van der Waals surface area (Å²) in [5, 5.41) is 17.4. The normalized spacial score (nSPS) is 13.2. The van der Waals surface area contributed by atoms with E-state index in [1.807, 2.05) is 0 Å². The highest BCUT2D eigenvalue weighted by Crippen LogP contribution is 2.43. The van der Waals surface area contributed by atoms with Gasteiger partial charge in [0.1, 0.15) is 27.8 Å². The Labute approximate surface area is 233 Å². The van der Waals surface area contributed by atoms with Gasteiger partial charge in [-0.1, -0.05) is 0 Å². The van der Waals surface area contributed by atoms with Crippen LogP contribution in [0.15, 0.2) is 55.2 Å². The van der Waals surface area contributed by atoms with Gasteiger partial charge in [0, 0.05) is 17.5 Å². The largest absolute Gasteiger partial charge is 0.507 e. The highest BCUT2D eigenvalue weighted by molar-refractivity contribution is 7.91. The van der Waals surface area contributed by atoms with E-state index in [1.54, 1.807) is 0 Å². The second-order valence-corrected chi connectivity index (χ2v) is 14.2. The fraction of sp³-hybridized carbons (Fsp3) is 0.200. The molecule has 41 heavy (non-hydrogen) atoms. The number of methoxy groups -OCH3 is 1. The smallest absolute Gasteiger partial charge is 0.397 e. The third-order valence-corrected chi connectivity index (χ3v) is 9.37. The molecule has 0 aromatic heterocycles. The average molecular weight is 656 g/mol. The summed E-state index contributed by atoms with van der Waals surface area (Å²) in [6.45, 7) is 0.455. The predicted molar refractivity (Wildman–Crippen MR) is 141 cm³/mol. The Balaban J connectivity index is 2.17. The van der Waals surface area contributed by atoms with E-state index >= 15 is 0 Å². The lowest BCUT2D eigenvalue weighted by Gasteiger charge is -2.13. The van der Waals surface area contributed by atoms with Gasteiger partial charge in [-0.25, -0.2) is 12.6 Å². The highest BCUT2D eigenvalue weighted by Gasteiger charge is 2.25. The molecular formula is C20H21N3O14S4. The quantitative estimate of drug-likeness (QED) is 0.118. The number of azo groups is 1. The van der Waals surface area contributed by atoms with Gasteiger partial charge in [0.25, 0.3) is 20.2 Å². The fourth-order valence-electron chi connectivity index (χ4n) is 3.63. The maximum atomic E-state index is 12.7. The summed E-state index contributed by atoms with van der Waals surface area (Å²) in [4.78, 5) is -2.07. The number of phenols is 1. The molecule has 0 saturated carbocycles. The Morgan fingerprint density at radius 1 is 0.854 bits per heavy atom. The number of ether oxygens (including phenoxy) is 1. The Bertz CT molecular complexity index is 2020. The zero-order chi connectivity index (χ0) is 31.1. The number of nitrogen functional groups attached to an aromatic ring is 1. The first-order valence-corrected chi connectivity index (χ1v) is 16.5. The first-order chi connectivity index (χ1) is 18.7. The molecule has 0 aliphatic rings. The standard InChI is InChI=1S/C20H21N3O14S4/c1-10-5-13(15(36-2)9-16(10)38(25,26)4-3-37-41(33,34)35)22-23-20-17(40(30,31)32)7-11-6-12(39(27,28)29)8-14(24)18(11)19(20)21/h5-9,24H,3-4,21H2,1-2H3,(H,27,28,29)(H,30,31,32)(H,33,34,35). The van der Waals surface area contributed by atoms with Crippen molar-refractivity contribution in [2.75, 3.05) is 25.2 Å². The maximum Gasteiger partial charge on any atom is 0.397 e. The molecule has 0 amide bonds. The molecule has 3 aromatic rings. The van der Waals surface area contributed by atoms with Crippen LogP contribution in [0.4, 0.5) is 17.1 Å². The van der Waals surface area contributed by atoms with Crippen molar-refractivity contribution >= 4 is 68.3 Å². The minimum absolute atomic E-state index is 0.0588. The molecule has 6 N–H and O–H groups in total. The first-order valence-electron chi connectivity index (χ1n) is 10.6. The molecule has 3 aromatic carbocycles. The Kier molecular flexibility index (Phi) is 8.68. The molecule has 17 nitrogen and oxygen atoms in total. The van der Waals surface area contributed by atoms with E-state index in [1.165, 1.54) is 13.0 Å². The average Bonchev–Trinajstić information content (AvgIpc) is 2.80. The molecule has 224 valence electrons. The number of hydrogen-bond donors (Lipinski definition) is 5. The van der Waals surface area contributed by atoms with E-state index in [0.29, 0.717) is 6.07 Å². The molecule has 0 unspecified atom stereocenters. The van der Waals surface area contributed by atoms with Crippen molar-refractivity contribution in [3.05, 3.63) is 35.9 Å². The molecular weight excluding hydrogens is 634 g/mol. The number of sulfone groups is 1. The van der Waals surface area contributed by atoms with Gasteiger partial charge in [-0.05, 0) is 36.1 Å².